The van der Waals surface area contributed by atoms with Gasteiger partial charge < -0.3 is 10.5 Å². The Hall–Kier alpha value is -0.590. The Bertz CT molecular complexity index is 200. The van der Waals surface area contributed by atoms with E-state index in [0.29, 0.717) is 13.2 Å². The van der Waals surface area contributed by atoms with E-state index in [1.165, 1.54) is 0 Å². The first-order valence-electron chi connectivity index (χ1n) is 3.50. The third-order valence-electron chi connectivity index (χ3n) is 2.58. The van der Waals surface area contributed by atoms with Crippen LogP contribution in [-0.4, -0.2) is 18.8 Å². The van der Waals surface area contributed by atoms with Crippen LogP contribution in [0, 0.1) is 16.7 Å². The van der Waals surface area contributed by atoms with Crippen molar-refractivity contribution in [2.24, 2.45) is 11.1 Å². The normalized spacial score (nSPS) is 50.0. The highest BCUT2D eigenvalue weighted by Gasteiger charge is 2.62. The van der Waals surface area contributed by atoms with Gasteiger partial charge in [-0.3, -0.25) is 0 Å². The monoisotopic (exact) mass is 138 g/mol. The van der Waals surface area contributed by atoms with Crippen LogP contribution >= 0.6 is 0 Å². The van der Waals surface area contributed by atoms with E-state index in [1.54, 1.807) is 0 Å². The van der Waals surface area contributed by atoms with E-state index >= 15 is 0 Å². The molecule has 10 heavy (non-hydrogen) atoms. The molecule has 1 saturated carbocycles. The van der Waals surface area contributed by atoms with Crippen molar-refractivity contribution in [1.29, 1.82) is 5.26 Å². The van der Waals surface area contributed by atoms with Crippen molar-refractivity contribution in [3.63, 3.8) is 0 Å². The minimum absolute atomic E-state index is 0.101. The lowest BCUT2D eigenvalue weighted by Gasteiger charge is -2.39. The summed E-state index contributed by atoms with van der Waals surface area (Å²) < 4.78 is 5.41. The maximum atomic E-state index is 8.70. The number of ether oxygens (including phenoxy) is 1. The van der Waals surface area contributed by atoms with Gasteiger partial charge in [0, 0.05) is 6.54 Å². The summed E-state index contributed by atoms with van der Waals surface area (Å²) in [7, 11) is 0. The zero-order valence-electron chi connectivity index (χ0n) is 5.76. The van der Waals surface area contributed by atoms with E-state index < -0.39 is 0 Å². The van der Waals surface area contributed by atoms with Crippen molar-refractivity contribution in [1.82, 2.24) is 0 Å². The molecule has 3 nitrogen and oxygen atoms in total. The van der Waals surface area contributed by atoms with Gasteiger partial charge in [0.1, 0.15) is 0 Å². The van der Waals surface area contributed by atoms with Crippen LogP contribution in [0.15, 0.2) is 0 Å². The van der Waals surface area contributed by atoms with Gasteiger partial charge in [0.05, 0.1) is 23.7 Å². The fourth-order valence-electron chi connectivity index (χ4n) is 1.99. The second-order valence-electron chi connectivity index (χ2n) is 3.42. The third-order valence-corrected chi connectivity index (χ3v) is 2.58. The number of nitriles is 1. The maximum absolute atomic E-state index is 8.70. The fraction of sp³-hybridized carbons (Fsp3) is 0.857. The highest BCUT2D eigenvalue weighted by atomic mass is 16.5. The molecular weight excluding hydrogens is 128 g/mol. The van der Waals surface area contributed by atoms with Crippen LogP contribution < -0.4 is 5.73 Å². The molecule has 0 radical (unpaired) electrons. The van der Waals surface area contributed by atoms with Crippen molar-refractivity contribution < 1.29 is 4.74 Å². The second-order valence-corrected chi connectivity index (χ2v) is 3.42. The molecule has 2 heterocycles. The van der Waals surface area contributed by atoms with E-state index in [4.69, 9.17) is 15.7 Å². The summed E-state index contributed by atoms with van der Waals surface area (Å²) in [5.41, 5.74) is 5.23. The molecule has 0 aromatic rings. The Morgan fingerprint density at radius 2 is 2.30 bits per heavy atom. The predicted octanol–water partition coefficient (Wildman–Crippen LogP) is 0.0179. The lowest BCUT2D eigenvalue weighted by molar-refractivity contribution is 0.00315. The number of fused-ring (bicyclic) bond motifs is 1. The van der Waals surface area contributed by atoms with Gasteiger partial charge in [-0.2, -0.15) is 5.26 Å². The van der Waals surface area contributed by atoms with Crippen LogP contribution in [-0.2, 0) is 4.74 Å². The summed E-state index contributed by atoms with van der Waals surface area (Å²) in [5, 5.41) is 8.70. The summed E-state index contributed by atoms with van der Waals surface area (Å²) in [6.07, 6.45) is 1.71. The van der Waals surface area contributed by atoms with Crippen LogP contribution in [0.4, 0.5) is 0 Å². The summed E-state index contributed by atoms with van der Waals surface area (Å²) >= 11 is 0. The second kappa shape index (κ2) is 1.52. The van der Waals surface area contributed by atoms with Gasteiger partial charge in [0.25, 0.3) is 0 Å². The molecule has 1 aliphatic carbocycles. The van der Waals surface area contributed by atoms with Gasteiger partial charge in [-0.15, -0.1) is 0 Å². The molecule has 2 bridgehead atoms. The molecule has 3 fully saturated rings. The molecule has 3 aliphatic rings. The van der Waals surface area contributed by atoms with E-state index in [2.05, 4.69) is 6.07 Å². The van der Waals surface area contributed by atoms with Crippen molar-refractivity contribution in [3.8, 4) is 6.07 Å². The molecule has 2 saturated heterocycles. The predicted molar refractivity (Wildman–Crippen MR) is 35.0 cm³/mol. The van der Waals surface area contributed by atoms with Crippen LogP contribution in [0.2, 0.25) is 0 Å². The van der Waals surface area contributed by atoms with Crippen molar-refractivity contribution in [2.75, 3.05) is 13.2 Å². The van der Waals surface area contributed by atoms with Crippen LogP contribution in [0.3, 0.4) is 0 Å². The smallest absolute Gasteiger partial charge is 0.0862 e. The molecule has 0 unspecified atom stereocenters. The van der Waals surface area contributed by atoms with E-state index in [9.17, 15) is 0 Å². The van der Waals surface area contributed by atoms with Gasteiger partial charge in [-0.25, -0.2) is 0 Å². The van der Waals surface area contributed by atoms with E-state index in [0.717, 1.165) is 12.8 Å². The molecule has 3 rings (SSSR count). The van der Waals surface area contributed by atoms with E-state index in [1.807, 2.05) is 0 Å². The number of rotatable bonds is 1. The Kier molecular flexibility index (Phi) is 0.936. The summed E-state index contributed by atoms with van der Waals surface area (Å²) in [4.78, 5) is 0. The minimum atomic E-state index is -0.153. The first-order chi connectivity index (χ1) is 4.74. The molecule has 2 N–H and O–H groups in total. The number of hydrogen-bond acceptors (Lipinski definition) is 3. The van der Waals surface area contributed by atoms with Crippen LogP contribution in [0.5, 0.6) is 0 Å². The lowest BCUT2D eigenvalue weighted by atomic mass is 9.63. The first kappa shape index (κ1) is 6.14. The summed E-state index contributed by atoms with van der Waals surface area (Å²) in [5.74, 6) is 0. The average Bonchev–Trinajstić information content (AvgIpc) is 2.40. The molecular formula is C7H10N2O. The Labute approximate surface area is 59.8 Å². The number of nitrogens with zero attached hydrogens (tertiary/aromatic N) is 1. The largest absolute Gasteiger partial charge is 0.372 e. The van der Waals surface area contributed by atoms with Gasteiger partial charge in [0.15, 0.2) is 0 Å². The van der Waals surface area contributed by atoms with Crippen LogP contribution in [0.25, 0.3) is 0 Å². The lowest BCUT2D eigenvalue weighted by Crippen LogP contribution is -2.48. The third kappa shape index (κ3) is 0.511. The van der Waals surface area contributed by atoms with Gasteiger partial charge in [-0.05, 0) is 12.8 Å². The maximum Gasteiger partial charge on any atom is 0.0862 e. The molecule has 0 atom stereocenters. The molecule has 3 heteroatoms. The molecule has 0 aromatic heterocycles. The van der Waals surface area contributed by atoms with Crippen molar-refractivity contribution >= 4 is 0 Å². The quantitative estimate of drug-likeness (QED) is 0.555. The SMILES string of the molecule is N#CC12COC(CN)(C1)C2. The van der Waals surface area contributed by atoms with Gasteiger partial charge in [0.2, 0.25) is 0 Å². The van der Waals surface area contributed by atoms with Crippen molar-refractivity contribution in [3.05, 3.63) is 0 Å². The van der Waals surface area contributed by atoms with E-state index in [-0.39, 0.29) is 11.0 Å². The molecule has 0 amide bonds. The zero-order chi connectivity index (χ0) is 7.24. The zero-order valence-corrected chi connectivity index (χ0v) is 5.76. The Balaban J connectivity index is 2.15. The molecule has 0 spiro atoms. The number of hydrogen-bond donors (Lipinski definition) is 1. The number of nitrogens with two attached hydrogens (primary N) is 1. The topological polar surface area (TPSA) is 59.0 Å². The summed E-state index contributed by atoms with van der Waals surface area (Å²) in [6, 6.07) is 2.28. The van der Waals surface area contributed by atoms with Crippen LogP contribution in [0.1, 0.15) is 12.8 Å². The standard InChI is InChI=1S/C7H10N2O/c8-3-6-1-7(2-6,4-9)10-5-6/h1-2,4-5,9H2. The highest BCUT2D eigenvalue weighted by Crippen LogP contribution is 2.56. The molecule has 2 aliphatic heterocycles. The Morgan fingerprint density at radius 1 is 1.60 bits per heavy atom. The summed E-state index contributed by atoms with van der Waals surface area (Å²) in [6.45, 7) is 1.16. The first-order valence-corrected chi connectivity index (χ1v) is 3.50. The average molecular weight is 138 g/mol. The Morgan fingerprint density at radius 3 is 2.60 bits per heavy atom. The molecule has 0 aromatic carbocycles. The molecule has 54 valence electrons. The van der Waals surface area contributed by atoms with Gasteiger partial charge >= 0.3 is 0 Å². The fourth-order valence-corrected chi connectivity index (χ4v) is 1.99. The highest BCUT2D eigenvalue weighted by molar-refractivity contribution is 5.20. The minimum Gasteiger partial charge on any atom is -0.372 e. The van der Waals surface area contributed by atoms with Gasteiger partial charge in [-0.1, -0.05) is 0 Å². The van der Waals surface area contributed by atoms with Crippen molar-refractivity contribution in [2.45, 2.75) is 18.4 Å².